The van der Waals surface area contributed by atoms with E-state index in [1.165, 1.54) is 137 Å². The third-order valence-electron chi connectivity index (χ3n) is 27.8. The van der Waals surface area contributed by atoms with Crippen molar-refractivity contribution in [3.05, 3.63) is 497 Å². The Morgan fingerprint density at radius 1 is 0.147 bits per heavy atom. The monoisotopic (exact) mass is 1730 g/mol. The molecule has 0 amide bonds. The molecule has 0 saturated carbocycles. The van der Waals surface area contributed by atoms with Crippen molar-refractivity contribution in [2.45, 2.75) is 0 Å². The smallest absolute Gasteiger partial charge is 0.135 e. The fraction of sp³-hybridized carbons (Fsp3) is 0. The van der Waals surface area contributed by atoms with Crippen molar-refractivity contribution in [3.63, 3.8) is 0 Å². The van der Waals surface area contributed by atoms with E-state index in [0.29, 0.717) is 0 Å². The summed E-state index contributed by atoms with van der Waals surface area (Å²) in [6, 6.07) is 180. The van der Waals surface area contributed by atoms with Crippen molar-refractivity contribution in [1.29, 1.82) is 0 Å². The number of hydrogen-bond donors (Lipinski definition) is 0. The summed E-state index contributed by atoms with van der Waals surface area (Å²) in [5.41, 5.74) is 33.6. The summed E-state index contributed by atoms with van der Waals surface area (Å²) in [5, 5.41) is 19.1. The average Bonchev–Trinajstić information content (AvgIpc) is 1.57. The molecule has 0 aliphatic rings. The highest BCUT2D eigenvalue weighted by atomic mass is 16.3. The quantitative estimate of drug-likeness (QED) is 0.109. The van der Waals surface area contributed by atoms with E-state index in [-0.39, 0.29) is 0 Å². The number of aromatic nitrogens is 4. The molecule has 22 aromatic carbocycles. The van der Waals surface area contributed by atoms with E-state index in [1.807, 2.05) is 24.3 Å². The molecule has 0 aliphatic carbocycles. The maximum atomic E-state index is 6.35. The Labute approximate surface area is 783 Å². The summed E-state index contributed by atoms with van der Waals surface area (Å²) in [6.07, 6.45) is 0. The Kier molecular flexibility index (Phi) is 18.2. The van der Waals surface area contributed by atoms with Gasteiger partial charge in [-0.3, -0.25) is 0 Å². The van der Waals surface area contributed by atoms with Crippen molar-refractivity contribution in [1.82, 2.24) is 18.3 Å². The zero-order valence-electron chi connectivity index (χ0n) is 73.8. The van der Waals surface area contributed by atoms with Gasteiger partial charge in [-0.15, -0.1) is 0 Å². The fourth-order valence-electron chi connectivity index (χ4n) is 21.5. The average molecular weight is 1740 g/mol. The highest BCUT2D eigenvalue weighted by molar-refractivity contribution is 6.17. The van der Waals surface area contributed by atoms with Gasteiger partial charge in [-0.05, 0) is 267 Å². The maximum absolute atomic E-state index is 6.35. The molecule has 136 heavy (non-hydrogen) atoms. The lowest BCUT2D eigenvalue weighted by molar-refractivity contribution is 0.668. The van der Waals surface area contributed by atoms with Crippen molar-refractivity contribution >= 4 is 187 Å². The molecule has 0 unspecified atom stereocenters. The molecule has 0 fully saturated rings. The molecule has 0 aliphatic heterocycles. The van der Waals surface area contributed by atoms with E-state index in [2.05, 4.69) is 501 Å². The third-order valence-corrected chi connectivity index (χ3v) is 27.8. The summed E-state index contributed by atoms with van der Waals surface area (Å²) in [4.78, 5) is 4.77. The molecule has 0 bridgehead atoms. The Hall–Kier alpha value is -18.2. The van der Waals surface area contributed by atoms with Gasteiger partial charge in [0, 0.05) is 121 Å². The molecule has 28 rings (SSSR count). The first kappa shape index (κ1) is 77.7. The second kappa shape index (κ2) is 31.8. The van der Waals surface area contributed by atoms with E-state index in [1.54, 1.807) is 0 Å². The van der Waals surface area contributed by atoms with E-state index in [4.69, 9.17) is 8.83 Å². The number of rotatable bonds is 14. The predicted molar refractivity (Wildman–Crippen MR) is 571 cm³/mol. The summed E-state index contributed by atoms with van der Waals surface area (Å²) in [7, 11) is 0. The zero-order valence-corrected chi connectivity index (χ0v) is 73.8. The second-order valence-corrected chi connectivity index (χ2v) is 35.4. The van der Waals surface area contributed by atoms with Crippen molar-refractivity contribution < 1.29 is 8.83 Å². The minimum atomic E-state index is 0.873. The van der Waals surface area contributed by atoms with E-state index >= 15 is 0 Å². The molecular weight excluding hydrogens is 1650 g/mol. The molecule has 0 N–H and O–H groups in total. The van der Waals surface area contributed by atoms with Crippen LogP contribution >= 0.6 is 0 Å². The highest BCUT2D eigenvalue weighted by Gasteiger charge is 2.25. The minimum Gasteiger partial charge on any atom is -0.456 e. The lowest BCUT2D eigenvalue weighted by atomic mass is 9.95. The summed E-state index contributed by atoms with van der Waals surface area (Å²) in [6.45, 7) is 0. The van der Waals surface area contributed by atoms with E-state index < -0.39 is 0 Å². The van der Waals surface area contributed by atoms with E-state index in [9.17, 15) is 0 Å². The summed E-state index contributed by atoms with van der Waals surface area (Å²) < 4.78 is 22.2. The van der Waals surface area contributed by atoms with Crippen LogP contribution < -0.4 is 9.80 Å². The summed E-state index contributed by atoms with van der Waals surface area (Å²) >= 11 is 0. The van der Waals surface area contributed by atoms with Crippen LogP contribution in [0.25, 0.3) is 220 Å². The van der Waals surface area contributed by atoms with Crippen LogP contribution in [-0.4, -0.2) is 18.3 Å². The lowest BCUT2D eigenvalue weighted by Crippen LogP contribution is -2.10. The van der Waals surface area contributed by atoms with Gasteiger partial charge in [-0.2, -0.15) is 0 Å². The van der Waals surface area contributed by atoms with Crippen LogP contribution in [0.2, 0.25) is 0 Å². The second-order valence-electron chi connectivity index (χ2n) is 35.4. The van der Waals surface area contributed by atoms with Crippen LogP contribution in [-0.2, 0) is 0 Å². The van der Waals surface area contributed by atoms with Gasteiger partial charge in [0.25, 0.3) is 0 Å². The van der Waals surface area contributed by atoms with Crippen LogP contribution in [0.5, 0.6) is 0 Å². The number of fused-ring (bicyclic) bond motifs is 20. The molecule has 8 heteroatoms. The van der Waals surface area contributed by atoms with Gasteiger partial charge in [0.15, 0.2) is 0 Å². The molecular formula is C128H82N6O2. The Bertz CT molecular complexity index is 9620. The number of benzene rings is 22. The standard InChI is InChI=1S/2C64H41N3O/c1-3-13-48(14-4-1)66-60-21-11-8-18-54(60)57-39-46(29-35-61(57)66)42-25-30-50(31-26-42)65(52-33-36-64-58(41-52)56-19-9-12-22-63(56)68-64)51-32-27-44-37-43(23-24-45(44)38-51)47-28-34-55-53-17-7-10-20-59(53)67(62(55)40-47)49-15-5-2-6-16-49;1-3-15-45(16-4-1)66-59-25-13-10-22-53(59)56-39-44(30-36-61(56)66)49-35-37-60(51-20-8-7-19-50(49)51)65(48-33-38-64-57(41-48)55-23-11-14-26-63(55)68-64)47-31-27-42(28-32-47)43-29-34-54-52-21-9-12-24-58(52)67(62(54)40-43)46-17-5-2-6-18-46/h2*1-41H. The lowest BCUT2D eigenvalue weighted by Gasteiger charge is -2.28. The summed E-state index contributed by atoms with van der Waals surface area (Å²) in [5.74, 6) is 0. The van der Waals surface area contributed by atoms with Gasteiger partial charge in [0.05, 0.1) is 49.8 Å². The van der Waals surface area contributed by atoms with Crippen LogP contribution in [0, 0.1) is 0 Å². The van der Waals surface area contributed by atoms with Gasteiger partial charge in [0.2, 0.25) is 0 Å². The third kappa shape index (κ3) is 12.9. The molecule has 0 atom stereocenters. The van der Waals surface area contributed by atoms with Crippen molar-refractivity contribution in [2.75, 3.05) is 9.80 Å². The van der Waals surface area contributed by atoms with Crippen LogP contribution in [0.4, 0.5) is 34.1 Å². The minimum absolute atomic E-state index is 0.873. The first-order valence-corrected chi connectivity index (χ1v) is 46.5. The van der Waals surface area contributed by atoms with Crippen LogP contribution in [0.15, 0.2) is 506 Å². The maximum Gasteiger partial charge on any atom is 0.135 e. The number of para-hydroxylation sites is 10. The fourth-order valence-corrected chi connectivity index (χ4v) is 21.5. The Morgan fingerprint density at radius 3 is 0.941 bits per heavy atom. The van der Waals surface area contributed by atoms with Gasteiger partial charge in [-0.25, -0.2) is 0 Å². The number of hydrogen-bond acceptors (Lipinski definition) is 4. The van der Waals surface area contributed by atoms with Crippen molar-refractivity contribution in [2.24, 2.45) is 0 Å². The van der Waals surface area contributed by atoms with Crippen molar-refractivity contribution in [3.8, 4) is 67.3 Å². The molecule has 6 aromatic heterocycles. The zero-order chi connectivity index (χ0) is 89.4. The Morgan fingerprint density at radius 2 is 0.449 bits per heavy atom. The largest absolute Gasteiger partial charge is 0.456 e. The van der Waals surface area contributed by atoms with Gasteiger partial charge in [0.1, 0.15) is 22.3 Å². The molecule has 8 nitrogen and oxygen atoms in total. The van der Waals surface area contributed by atoms with Gasteiger partial charge >= 0.3 is 0 Å². The van der Waals surface area contributed by atoms with Crippen LogP contribution in [0.1, 0.15) is 0 Å². The first-order valence-electron chi connectivity index (χ1n) is 46.5. The van der Waals surface area contributed by atoms with Gasteiger partial charge in [-0.1, -0.05) is 291 Å². The topological polar surface area (TPSA) is 52.5 Å². The van der Waals surface area contributed by atoms with Gasteiger partial charge < -0.3 is 36.9 Å². The molecule has 636 valence electrons. The van der Waals surface area contributed by atoms with Crippen LogP contribution in [0.3, 0.4) is 0 Å². The first-order chi connectivity index (χ1) is 67.4. The molecule has 28 aromatic rings. The molecule has 0 radical (unpaired) electrons. The number of anilines is 6. The molecule has 0 saturated heterocycles. The number of furan rings is 2. The Balaban J connectivity index is 0.000000138. The SMILES string of the molecule is c1ccc(-n2c3ccccc3c3cc(-c4ccc(N(c5ccc(-c6ccc7c8ccccc8n(-c8ccccc8)c7c6)cc5)c5ccc6oc7ccccc7c6c5)c5ccccc45)ccc32)cc1.c1ccc(-n2c3ccccc3c3cc(-c4ccc(N(c5ccc6cc(-c7ccc8c9ccccc9n(-c9ccccc9)c8c7)ccc6c5)c5ccc6oc7ccccc7c6c5)cc4)ccc32)cc1. The highest BCUT2D eigenvalue weighted by Crippen LogP contribution is 2.49. The normalized spacial score (nSPS) is 11.8. The predicted octanol–water partition coefficient (Wildman–Crippen LogP) is 35.5. The molecule has 0 spiro atoms. The van der Waals surface area contributed by atoms with E-state index in [0.717, 1.165) is 117 Å². The molecule has 6 heterocycles. The number of nitrogens with zero attached hydrogens (tertiary/aromatic N) is 6.